The van der Waals surface area contributed by atoms with Gasteiger partial charge in [0.2, 0.25) is 10.0 Å². The van der Waals surface area contributed by atoms with E-state index in [9.17, 15) is 8.42 Å². The van der Waals surface area contributed by atoms with Crippen molar-refractivity contribution in [2.75, 3.05) is 6.54 Å². The van der Waals surface area contributed by atoms with Crippen LogP contribution in [0.25, 0.3) is 0 Å². The molecule has 1 aromatic heterocycles. The zero-order valence-electron chi connectivity index (χ0n) is 10.7. The number of hydrogen-bond acceptors (Lipinski definition) is 5. The largest absolute Gasteiger partial charge is 0.508 e. The summed E-state index contributed by atoms with van der Waals surface area (Å²) in [6, 6.07) is 9.98. The van der Waals surface area contributed by atoms with Crippen LogP contribution in [0.1, 0.15) is 10.4 Å². The molecule has 2 aromatic rings. The van der Waals surface area contributed by atoms with E-state index >= 15 is 0 Å². The fourth-order valence-electron chi connectivity index (χ4n) is 1.68. The molecule has 4 N–H and O–H groups in total. The number of nitrogens with two attached hydrogens (primary N) is 1. The first kappa shape index (κ1) is 15.0. The van der Waals surface area contributed by atoms with Gasteiger partial charge in [0.15, 0.2) is 0 Å². The molecule has 0 fully saturated rings. The SMILES string of the molecule is NCc1ccc(S(=O)(=O)NCCc2ccc(O)cc2)s1. The fraction of sp³-hybridized carbons (Fsp3) is 0.231. The summed E-state index contributed by atoms with van der Waals surface area (Å²) in [4.78, 5) is 0.837. The highest BCUT2D eigenvalue weighted by Crippen LogP contribution is 2.20. The third-order valence-electron chi connectivity index (χ3n) is 2.75. The van der Waals surface area contributed by atoms with Crippen LogP contribution in [0, 0.1) is 0 Å². The first-order chi connectivity index (χ1) is 9.51. The minimum absolute atomic E-state index is 0.197. The van der Waals surface area contributed by atoms with Crippen LogP contribution >= 0.6 is 11.3 Å². The molecule has 0 atom stereocenters. The van der Waals surface area contributed by atoms with Crippen LogP contribution < -0.4 is 10.5 Å². The Morgan fingerprint density at radius 2 is 1.85 bits per heavy atom. The zero-order valence-corrected chi connectivity index (χ0v) is 12.4. The summed E-state index contributed by atoms with van der Waals surface area (Å²) in [5.41, 5.74) is 6.43. The van der Waals surface area contributed by atoms with Gasteiger partial charge < -0.3 is 10.8 Å². The number of rotatable bonds is 6. The molecule has 0 aliphatic heterocycles. The number of thiophene rings is 1. The average molecular weight is 312 g/mol. The maximum Gasteiger partial charge on any atom is 0.250 e. The van der Waals surface area contributed by atoms with Gasteiger partial charge in [0.1, 0.15) is 9.96 Å². The minimum atomic E-state index is -3.46. The van der Waals surface area contributed by atoms with Crippen molar-refractivity contribution >= 4 is 21.4 Å². The molecule has 108 valence electrons. The van der Waals surface area contributed by atoms with E-state index in [2.05, 4.69) is 4.72 Å². The molecule has 2 rings (SSSR count). The second kappa shape index (κ2) is 6.36. The second-order valence-corrected chi connectivity index (χ2v) is 7.40. The lowest BCUT2D eigenvalue weighted by molar-refractivity contribution is 0.475. The van der Waals surface area contributed by atoms with E-state index in [4.69, 9.17) is 10.8 Å². The van der Waals surface area contributed by atoms with Crippen molar-refractivity contribution in [1.29, 1.82) is 0 Å². The van der Waals surface area contributed by atoms with Crippen molar-refractivity contribution in [3.8, 4) is 5.75 Å². The van der Waals surface area contributed by atoms with Gasteiger partial charge in [-0.15, -0.1) is 11.3 Å². The van der Waals surface area contributed by atoms with E-state index in [0.717, 1.165) is 10.4 Å². The highest BCUT2D eigenvalue weighted by Gasteiger charge is 2.15. The Hall–Kier alpha value is -1.41. The number of hydrogen-bond donors (Lipinski definition) is 3. The van der Waals surface area contributed by atoms with E-state index in [0.29, 0.717) is 19.5 Å². The van der Waals surface area contributed by atoms with E-state index in [1.807, 2.05) is 0 Å². The molecule has 0 amide bonds. The minimum Gasteiger partial charge on any atom is -0.508 e. The van der Waals surface area contributed by atoms with E-state index in [1.54, 1.807) is 36.4 Å². The van der Waals surface area contributed by atoms with Crippen molar-refractivity contribution in [2.45, 2.75) is 17.2 Å². The second-order valence-electron chi connectivity index (χ2n) is 4.24. The summed E-state index contributed by atoms with van der Waals surface area (Å²) in [6.45, 7) is 0.649. The molecular weight excluding hydrogens is 296 g/mol. The van der Waals surface area contributed by atoms with Crippen LogP contribution in [-0.2, 0) is 23.0 Å². The predicted molar refractivity (Wildman–Crippen MR) is 79.2 cm³/mol. The highest BCUT2D eigenvalue weighted by atomic mass is 32.2. The van der Waals surface area contributed by atoms with Gasteiger partial charge in [0.25, 0.3) is 0 Å². The summed E-state index contributed by atoms with van der Waals surface area (Å²) in [5.74, 6) is 0.197. The number of phenols is 1. The van der Waals surface area contributed by atoms with E-state index in [-0.39, 0.29) is 9.96 Å². The lowest BCUT2D eigenvalue weighted by Crippen LogP contribution is -2.25. The molecule has 1 aromatic carbocycles. The average Bonchev–Trinajstić information content (AvgIpc) is 2.90. The van der Waals surface area contributed by atoms with Crippen LogP contribution in [0.4, 0.5) is 0 Å². The summed E-state index contributed by atoms with van der Waals surface area (Å²) in [7, 11) is -3.46. The number of aromatic hydroxyl groups is 1. The first-order valence-electron chi connectivity index (χ1n) is 6.07. The Balaban J connectivity index is 1.94. The van der Waals surface area contributed by atoms with Gasteiger partial charge in [0.05, 0.1) is 0 Å². The Kier molecular flexibility index (Phi) is 4.77. The maximum atomic E-state index is 12.0. The van der Waals surface area contributed by atoms with Crippen molar-refractivity contribution in [3.05, 3.63) is 46.8 Å². The van der Waals surface area contributed by atoms with Crippen LogP contribution in [-0.4, -0.2) is 20.1 Å². The smallest absolute Gasteiger partial charge is 0.250 e. The van der Waals surface area contributed by atoms with Gasteiger partial charge in [-0.25, -0.2) is 13.1 Å². The maximum absolute atomic E-state index is 12.0. The molecule has 1 heterocycles. The summed E-state index contributed by atoms with van der Waals surface area (Å²) < 4.78 is 26.9. The normalized spacial score (nSPS) is 11.7. The van der Waals surface area contributed by atoms with Crippen molar-refractivity contribution in [1.82, 2.24) is 4.72 Å². The fourth-order valence-corrected chi connectivity index (χ4v) is 3.99. The van der Waals surface area contributed by atoms with Gasteiger partial charge in [0, 0.05) is 18.0 Å². The summed E-state index contributed by atoms with van der Waals surface area (Å²) in [6.07, 6.45) is 0.564. The van der Waals surface area contributed by atoms with E-state index < -0.39 is 10.0 Å². The summed E-state index contributed by atoms with van der Waals surface area (Å²) >= 11 is 1.18. The van der Waals surface area contributed by atoms with Gasteiger partial charge in [-0.3, -0.25) is 0 Å². The Morgan fingerprint density at radius 3 is 2.45 bits per heavy atom. The van der Waals surface area contributed by atoms with Crippen molar-refractivity contribution in [2.24, 2.45) is 5.73 Å². The van der Waals surface area contributed by atoms with Crippen LogP contribution in [0.3, 0.4) is 0 Å². The lowest BCUT2D eigenvalue weighted by Gasteiger charge is -2.05. The number of sulfonamides is 1. The highest BCUT2D eigenvalue weighted by molar-refractivity contribution is 7.91. The molecule has 20 heavy (non-hydrogen) atoms. The number of nitrogens with one attached hydrogen (secondary N) is 1. The Morgan fingerprint density at radius 1 is 1.15 bits per heavy atom. The quantitative estimate of drug-likeness (QED) is 0.752. The third kappa shape index (κ3) is 3.80. The van der Waals surface area contributed by atoms with Gasteiger partial charge in [-0.1, -0.05) is 12.1 Å². The Labute approximate surface area is 122 Å². The predicted octanol–water partition coefficient (Wildman–Crippen LogP) is 1.43. The molecule has 0 bridgehead atoms. The number of benzene rings is 1. The number of phenolic OH excluding ortho intramolecular Hbond substituents is 1. The molecule has 0 saturated carbocycles. The van der Waals surface area contributed by atoms with Crippen molar-refractivity contribution in [3.63, 3.8) is 0 Å². The Bertz CT molecular complexity index is 663. The topological polar surface area (TPSA) is 92.4 Å². The lowest BCUT2D eigenvalue weighted by atomic mass is 10.1. The van der Waals surface area contributed by atoms with Gasteiger partial charge >= 0.3 is 0 Å². The first-order valence-corrected chi connectivity index (χ1v) is 8.37. The van der Waals surface area contributed by atoms with Crippen LogP contribution in [0.2, 0.25) is 0 Å². The molecule has 0 unspecified atom stereocenters. The third-order valence-corrected chi connectivity index (χ3v) is 5.81. The van der Waals surface area contributed by atoms with Crippen molar-refractivity contribution < 1.29 is 13.5 Å². The summed E-state index contributed by atoms with van der Waals surface area (Å²) in [5, 5.41) is 9.17. The standard InChI is InChI=1S/C13H16N2O3S2/c14-9-12-5-6-13(19-12)20(17,18)15-8-7-10-1-3-11(16)4-2-10/h1-6,15-16H,7-9,14H2. The van der Waals surface area contributed by atoms with E-state index in [1.165, 1.54) is 11.3 Å². The van der Waals surface area contributed by atoms with Gasteiger partial charge in [-0.2, -0.15) is 0 Å². The molecule has 7 heteroatoms. The molecule has 0 aliphatic rings. The molecular formula is C13H16N2O3S2. The van der Waals surface area contributed by atoms with Crippen LogP contribution in [0.15, 0.2) is 40.6 Å². The van der Waals surface area contributed by atoms with Crippen LogP contribution in [0.5, 0.6) is 5.75 Å². The molecule has 0 spiro atoms. The zero-order chi connectivity index (χ0) is 14.6. The molecule has 0 aliphatic carbocycles. The molecule has 0 radical (unpaired) electrons. The molecule has 5 nitrogen and oxygen atoms in total. The molecule has 0 saturated heterocycles. The van der Waals surface area contributed by atoms with Gasteiger partial charge in [-0.05, 0) is 36.2 Å². The monoisotopic (exact) mass is 312 g/mol.